The van der Waals surface area contributed by atoms with Crippen molar-refractivity contribution in [3.05, 3.63) is 45.2 Å². The Morgan fingerprint density at radius 1 is 1.38 bits per heavy atom. The van der Waals surface area contributed by atoms with Crippen LogP contribution in [0.5, 0.6) is 0 Å². The van der Waals surface area contributed by atoms with Gasteiger partial charge in [-0.05, 0) is 25.3 Å². The Morgan fingerprint density at radius 3 is 3.00 bits per heavy atom. The van der Waals surface area contributed by atoms with Crippen molar-refractivity contribution >= 4 is 33.3 Å². The minimum atomic E-state index is -0.944. The number of thiophene rings is 1. The molecule has 4 heterocycles. The van der Waals surface area contributed by atoms with Gasteiger partial charge in [-0.1, -0.05) is 0 Å². The van der Waals surface area contributed by atoms with E-state index in [-0.39, 0.29) is 11.5 Å². The number of aryl methyl sites for hydroxylation is 1. The Bertz CT molecular complexity index is 1040. The van der Waals surface area contributed by atoms with Gasteiger partial charge in [0.15, 0.2) is 0 Å². The predicted molar refractivity (Wildman–Crippen MR) is 98.2 cm³/mol. The van der Waals surface area contributed by atoms with Gasteiger partial charge in [0.05, 0.1) is 17.4 Å². The number of piperidine rings is 1. The van der Waals surface area contributed by atoms with Crippen molar-refractivity contribution in [3.63, 3.8) is 0 Å². The fourth-order valence-electron chi connectivity index (χ4n) is 3.51. The first-order valence-electron chi connectivity index (χ1n) is 8.31. The van der Waals surface area contributed by atoms with Crippen molar-refractivity contribution in [2.75, 3.05) is 18.0 Å². The fraction of sp³-hybridized carbons (Fsp3) is 0.353. The molecule has 9 heteroatoms. The van der Waals surface area contributed by atoms with E-state index in [1.165, 1.54) is 24.0 Å². The number of anilines is 1. The smallest absolute Gasteiger partial charge is 0.346 e. The summed E-state index contributed by atoms with van der Waals surface area (Å²) in [5, 5.41) is 10.2. The Kier molecular flexibility index (Phi) is 4.15. The minimum absolute atomic E-state index is 0.133. The SMILES string of the molecule is Cc1c(C(=O)O)sc2ncnc(N3CCC[C@H](c4cc(=O)[nH]cn4)C3)c12. The van der Waals surface area contributed by atoms with Gasteiger partial charge in [0.2, 0.25) is 0 Å². The summed E-state index contributed by atoms with van der Waals surface area (Å²) in [6, 6.07) is 1.54. The molecule has 4 rings (SSSR count). The molecule has 0 bridgehead atoms. The lowest BCUT2D eigenvalue weighted by Crippen LogP contribution is -2.35. The zero-order valence-corrected chi connectivity index (χ0v) is 14.9. The number of H-pyrrole nitrogens is 1. The van der Waals surface area contributed by atoms with Crippen LogP contribution in [0, 0.1) is 6.92 Å². The number of carboxylic acids is 1. The molecule has 0 saturated carbocycles. The van der Waals surface area contributed by atoms with Gasteiger partial charge in [-0.2, -0.15) is 0 Å². The number of rotatable bonds is 3. The van der Waals surface area contributed by atoms with Crippen molar-refractivity contribution in [1.82, 2.24) is 19.9 Å². The molecule has 0 amide bonds. The molecule has 1 fully saturated rings. The molecule has 3 aromatic heterocycles. The van der Waals surface area contributed by atoms with Crippen LogP contribution in [-0.4, -0.2) is 44.1 Å². The summed E-state index contributed by atoms with van der Waals surface area (Å²) in [7, 11) is 0. The molecule has 0 aromatic carbocycles. The van der Waals surface area contributed by atoms with Crippen molar-refractivity contribution in [2.45, 2.75) is 25.7 Å². The summed E-state index contributed by atoms with van der Waals surface area (Å²) in [5.74, 6) is -0.0552. The lowest BCUT2D eigenvalue weighted by Gasteiger charge is -2.33. The number of hydrogen-bond acceptors (Lipinski definition) is 7. The average Bonchev–Trinajstić information content (AvgIpc) is 2.99. The highest BCUT2D eigenvalue weighted by Gasteiger charge is 2.27. The average molecular weight is 371 g/mol. The second-order valence-electron chi connectivity index (χ2n) is 6.36. The number of nitrogens with one attached hydrogen (secondary N) is 1. The van der Waals surface area contributed by atoms with Gasteiger partial charge in [0.25, 0.3) is 5.56 Å². The lowest BCUT2D eigenvalue weighted by molar-refractivity contribution is 0.0701. The summed E-state index contributed by atoms with van der Waals surface area (Å²) in [4.78, 5) is 41.7. The Hall–Kier alpha value is -2.81. The van der Waals surface area contributed by atoms with Crippen LogP contribution in [0.15, 0.2) is 23.5 Å². The van der Waals surface area contributed by atoms with Crippen molar-refractivity contribution < 1.29 is 9.90 Å². The van der Waals surface area contributed by atoms with E-state index in [1.54, 1.807) is 13.0 Å². The van der Waals surface area contributed by atoms with Crippen LogP contribution in [0.3, 0.4) is 0 Å². The highest BCUT2D eigenvalue weighted by Crippen LogP contribution is 2.37. The van der Waals surface area contributed by atoms with E-state index >= 15 is 0 Å². The van der Waals surface area contributed by atoms with Gasteiger partial charge in [0, 0.05) is 25.1 Å². The van der Waals surface area contributed by atoms with Gasteiger partial charge in [-0.15, -0.1) is 11.3 Å². The van der Waals surface area contributed by atoms with E-state index in [4.69, 9.17) is 0 Å². The number of aromatic nitrogens is 4. The zero-order chi connectivity index (χ0) is 18.3. The molecule has 0 aliphatic carbocycles. The number of carbonyl (C=O) groups is 1. The summed E-state index contributed by atoms with van der Waals surface area (Å²) in [5.41, 5.74) is 1.32. The molecule has 3 aromatic rings. The minimum Gasteiger partial charge on any atom is -0.477 e. The highest BCUT2D eigenvalue weighted by atomic mass is 32.1. The molecular formula is C17H17N5O3S. The third kappa shape index (κ3) is 2.84. The van der Waals surface area contributed by atoms with Crippen LogP contribution in [0.25, 0.3) is 10.2 Å². The molecule has 1 atom stereocenters. The lowest BCUT2D eigenvalue weighted by atomic mass is 9.94. The van der Waals surface area contributed by atoms with Crippen LogP contribution >= 0.6 is 11.3 Å². The second-order valence-corrected chi connectivity index (χ2v) is 7.36. The van der Waals surface area contributed by atoms with E-state index in [0.717, 1.165) is 36.3 Å². The standard InChI is InChI=1S/C17H17N5O3S/c1-9-13-15(20-8-21-16(13)26-14(9)17(24)25)22-4-2-3-10(6-22)11-5-12(23)19-7-18-11/h5,7-8,10H,2-4,6H2,1H3,(H,24,25)(H,18,19,23)/t10-/m0/s1. The summed E-state index contributed by atoms with van der Waals surface area (Å²) >= 11 is 1.17. The molecule has 8 nitrogen and oxygen atoms in total. The molecule has 1 saturated heterocycles. The molecule has 0 spiro atoms. The normalized spacial score (nSPS) is 17.6. The molecule has 2 N–H and O–H groups in total. The zero-order valence-electron chi connectivity index (χ0n) is 14.1. The van der Waals surface area contributed by atoms with Gasteiger partial charge in [-0.3, -0.25) is 4.79 Å². The Labute approximate surface area is 152 Å². The third-order valence-electron chi connectivity index (χ3n) is 4.74. The van der Waals surface area contributed by atoms with Crippen LogP contribution in [-0.2, 0) is 0 Å². The van der Waals surface area contributed by atoms with Crippen LogP contribution < -0.4 is 10.5 Å². The second kappa shape index (κ2) is 6.49. The number of hydrogen-bond donors (Lipinski definition) is 2. The van der Waals surface area contributed by atoms with E-state index in [0.29, 0.717) is 21.8 Å². The van der Waals surface area contributed by atoms with Gasteiger partial charge in [-0.25, -0.2) is 19.7 Å². The quantitative estimate of drug-likeness (QED) is 0.725. The number of aromatic carboxylic acids is 1. The van der Waals surface area contributed by atoms with E-state index in [2.05, 4.69) is 24.8 Å². The van der Waals surface area contributed by atoms with Gasteiger partial charge < -0.3 is 15.0 Å². The largest absolute Gasteiger partial charge is 0.477 e. The first kappa shape index (κ1) is 16.6. The maximum absolute atomic E-state index is 11.6. The number of carboxylic acid groups (broad SMARTS) is 1. The van der Waals surface area contributed by atoms with E-state index < -0.39 is 5.97 Å². The highest BCUT2D eigenvalue weighted by molar-refractivity contribution is 7.20. The molecule has 134 valence electrons. The molecule has 0 unspecified atom stereocenters. The van der Waals surface area contributed by atoms with E-state index in [9.17, 15) is 14.7 Å². The summed E-state index contributed by atoms with van der Waals surface area (Å²) in [6.07, 6.45) is 4.81. The maximum Gasteiger partial charge on any atom is 0.346 e. The fourth-order valence-corrected chi connectivity index (χ4v) is 4.50. The monoisotopic (exact) mass is 371 g/mol. The van der Waals surface area contributed by atoms with Crippen LogP contribution in [0.4, 0.5) is 5.82 Å². The number of nitrogens with zero attached hydrogens (tertiary/aromatic N) is 4. The predicted octanol–water partition coefficient (Wildman–Crippen LogP) is 2.17. The summed E-state index contributed by atoms with van der Waals surface area (Å²) < 4.78 is 0. The van der Waals surface area contributed by atoms with Gasteiger partial charge in [0.1, 0.15) is 21.9 Å². The Balaban J connectivity index is 1.73. The summed E-state index contributed by atoms with van der Waals surface area (Å²) in [6.45, 7) is 3.30. The number of fused-ring (bicyclic) bond motifs is 1. The molecule has 0 radical (unpaired) electrons. The topological polar surface area (TPSA) is 112 Å². The van der Waals surface area contributed by atoms with Crippen LogP contribution in [0.1, 0.15) is 39.7 Å². The first-order chi connectivity index (χ1) is 12.5. The maximum atomic E-state index is 11.6. The van der Waals surface area contributed by atoms with Gasteiger partial charge >= 0.3 is 5.97 Å². The first-order valence-corrected chi connectivity index (χ1v) is 9.13. The van der Waals surface area contributed by atoms with Crippen molar-refractivity contribution in [1.29, 1.82) is 0 Å². The number of aromatic amines is 1. The third-order valence-corrected chi connectivity index (χ3v) is 5.93. The molecular weight excluding hydrogens is 354 g/mol. The van der Waals surface area contributed by atoms with Crippen molar-refractivity contribution in [2.24, 2.45) is 0 Å². The molecule has 1 aliphatic heterocycles. The Morgan fingerprint density at radius 2 is 2.23 bits per heavy atom. The van der Waals surface area contributed by atoms with Crippen LogP contribution in [0.2, 0.25) is 0 Å². The molecule has 1 aliphatic rings. The molecule has 26 heavy (non-hydrogen) atoms. The van der Waals surface area contributed by atoms with E-state index in [1.807, 2.05) is 0 Å². The van der Waals surface area contributed by atoms with Crippen molar-refractivity contribution in [3.8, 4) is 0 Å².